The quantitative estimate of drug-likeness (QED) is 0.305. The van der Waals surface area contributed by atoms with Crippen LogP contribution in [0.15, 0.2) is 58.5 Å². The van der Waals surface area contributed by atoms with Gasteiger partial charge in [-0.05, 0) is 81.3 Å². The Kier molecular flexibility index (Phi) is 8.14. The molecule has 0 spiro atoms. The summed E-state index contributed by atoms with van der Waals surface area (Å²) in [5, 5.41) is 0. The van der Waals surface area contributed by atoms with Crippen LogP contribution in [0.1, 0.15) is 31.9 Å². The molecular weight excluding hydrogens is 441 g/mol. The molecule has 0 atom stereocenters. The summed E-state index contributed by atoms with van der Waals surface area (Å²) in [6.45, 7) is 8.49. The van der Waals surface area contributed by atoms with Crippen LogP contribution in [0.3, 0.4) is 0 Å². The molecule has 0 radical (unpaired) electrons. The first-order valence-corrected chi connectivity index (χ1v) is 11.2. The fourth-order valence-electron chi connectivity index (χ4n) is 2.96. The topological polar surface area (TPSA) is 36.9 Å². The van der Waals surface area contributed by atoms with E-state index in [1.165, 1.54) is 12.1 Å². The summed E-state index contributed by atoms with van der Waals surface area (Å²) >= 11 is 1.67. The molecule has 1 heterocycles. The van der Waals surface area contributed by atoms with Gasteiger partial charge >= 0.3 is 6.18 Å². The zero-order valence-electron chi connectivity index (χ0n) is 18.5. The molecule has 0 N–H and O–H groups in total. The summed E-state index contributed by atoms with van der Waals surface area (Å²) in [7, 11) is 0. The van der Waals surface area contributed by atoms with Crippen LogP contribution >= 0.6 is 11.8 Å². The Hall–Kier alpha value is -2.16. The number of ether oxygens (including phenoxy) is 4. The maximum Gasteiger partial charge on any atom is 0.416 e. The monoisotopic (exact) mass is 468 g/mol. The summed E-state index contributed by atoms with van der Waals surface area (Å²) in [5.41, 5.74) is 2.53. The lowest BCUT2D eigenvalue weighted by Crippen LogP contribution is -2.42. The van der Waals surface area contributed by atoms with Crippen molar-refractivity contribution >= 4 is 11.8 Å². The van der Waals surface area contributed by atoms with Crippen molar-refractivity contribution in [3.8, 4) is 11.5 Å². The highest BCUT2D eigenvalue weighted by Crippen LogP contribution is 2.31. The molecule has 4 nitrogen and oxygen atoms in total. The van der Waals surface area contributed by atoms with E-state index in [0.717, 1.165) is 39.5 Å². The molecule has 0 aliphatic carbocycles. The van der Waals surface area contributed by atoms with E-state index < -0.39 is 11.7 Å². The van der Waals surface area contributed by atoms with E-state index in [4.69, 9.17) is 18.9 Å². The molecule has 32 heavy (non-hydrogen) atoms. The number of hydrogen-bond donors (Lipinski definition) is 0. The second kappa shape index (κ2) is 10.6. The minimum Gasteiger partial charge on any atom is -0.489 e. The Morgan fingerprint density at radius 2 is 1.72 bits per heavy atom. The highest BCUT2D eigenvalue weighted by Gasteiger charge is 2.30. The average Bonchev–Trinajstić information content (AvgIpc) is 2.70. The normalized spacial score (nSPS) is 18.1. The number of aryl methyl sites for hydroxylation is 1. The average molecular weight is 469 g/mol. The number of thioether (sulfide) groups is 1. The van der Waals surface area contributed by atoms with Crippen LogP contribution in [0.5, 0.6) is 11.5 Å². The van der Waals surface area contributed by atoms with Gasteiger partial charge in [0.15, 0.2) is 12.6 Å². The van der Waals surface area contributed by atoms with Crippen LogP contribution in [0, 0.1) is 6.92 Å². The van der Waals surface area contributed by atoms with E-state index in [9.17, 15) is 13.2 Å². The van der Waals surface area contributed by atoms with Gasteiger partial charge in [-0.3, -0.25) is 0 Å². The molecule has 1 aliphatic rings. The van der Waals surface area contributed by atoms with Crippen molar-refractivity contribution in [3.05, 3.63) is 64.7 Å². The second-order valence-electron chi connectivity index (χ2n) is 7.71. The van der Waals surface area contributed by atoms with Crippen molar-refractivity contribution in [1.82, 2.24) is 0 Å². The van der Waals surface area contributed by atoms with Crippen molar-refractivity contribution in [1.29, 1.82) is 0 Å². The number of hydrogen-bond acceptors (Lipinski definition) is 5. The van der Waals surface area contributed by atoms with E-state index in [1.54, 1.807) is 11.8 Å². The van der Waals surface area contributed by atoms with Crippen LogP contribution in [-0.2, 0) is 15.7 Å². The van der Waals surface area contributed by atoms with Crippen molar-refractivity contribution in [2.24, 2.45) is 0 Å². The molecule has 2 aromatic rings. The summed E-state index contributed by atoms with van der Waals surface area (Å²) in [6, 6.07) is 10.7. The van der Waals surface area contributed by atoms with Crippen LogP contribution in [-0.4, -0.2) is 31.5 Å². The van der Waals surface area contributed by atoms with Crippen LogP contribution in [0.4, 0.5) is 13.2 Å². The van der Waals surface area contributed by atoms with Gasteiger partial charge in [0, 0.05) is 10.6 Å². The second-order valence-corrected chi connectivity index (χ2v) is 8.76. The number of benzene rings is 2. The van der Waals surface area contributed by atoms with Crippen molar-refractivity contribution < 1.29 is 32.1 Å². The lowest BCUT2D eigenvalue weighted by atomic mass is 10.2. The molecule has 8 heteroatoms. The minimum absolute atomic E-state index is 0.170. The number of alkyl halides is 3. The molecule has 0 amide bonds. The maximum absolute atomic E-state index is 12.7. The highest BCUT2D eigenvalue weighted by molar-refractivity contribution is 7.99. The standard InChI is InChI=1S/C24H27F3O4S/c1-15(2)18(12-28-20-7-5-19(6-8-20)24(25,26)27)14-32-21-9-10-22(16(3)11-21)29-13-23-30-17(4)31-23/h5-11,17,23H,12-14H2,1-4H3. The lowest BCUT2D eigenvalue weighted by molar-refractivity contribution is -0.380. The third kappa shape index (κ3) is 6.92. The molecule has 1 saturated heterocycles. The molecule has 0 aromatic heterocycles. The van der Waals surface area contributed by atoms with Crippen molar-refractivity contribution in [2.45, 2.75) is 51.3 Å². The predicted molar refractivity (Wildman–Crippen MR) is 118 cm³/mol. The van der Waals surface area contributed by atoms with Crippen LogP contribution in [0.25, 0.3) is 0 Å². The van der Waals surface area contributed by atoms with E-state index in [0.29, 0.717) is 24.7 Å². The summed E-state index contributed by atoms with van der Waals surface area (Å²) in [4.78, 5) is 1.09. The third-order valence-corrected chi connectivity index (χ3v) is 6.00. The first-order valence-electron chi connectivity index (χ1n) is 10.2. The van der Waals surface area contributed by atoms with E-state index in [2.05, 4.69) is 6.07 Å². The number of allylic oxidation sites excluding steroid dienone is 1. The van der Waals surface area contributed by atoms with Gasteiger partial charge in [0.1, 0.15) is 24.7 Å². The van der Waals surface area contributed by atoms with Gasteiger partial charge in [0.2, 0.25) is 0 Å². The SMILES string of the molecule is CC(C)=C(COc1ccc(C(F)(F)F)cc1)CSc1ccc(OCC2OC(C)O2)c(C)c1. The van der Waals surface area contributed by atoms with Crippen molar-refractivity contribution in [3.63, 3.8) is 0 Å². The zero-order chi connectivity index (χ0) is 23.3. The first kappa shape index (κ1) is 24.5. The van der Waals surface area contributed by atoms with Crippen molar-refractivity contribution in [2.75, 3.05) is 19.0 Å². The van der Waals surface area contributed by atoms with Crippen LogP contribution in [0.2, 0.25) is 0 Å². The fraction of sp³-hybridized carbons (Fsp3) is 0.417. The summed E-state index contributed by atoms with van der Waals surface area (Å²) in [5.74, 6) is 1.91. The predicted octanol–water partition coefficient (Wildman–Crippen LogP) is 6.62. The number of rotatable bonds is 9. The van der Waals surface area contributed by atoms with Gasteiger partial charge in [-0.25, -0.2) is 0 Å². The Balaban J connectivity index is 1.51. The molecule has 1 aliphatic heterocycles. The van der Waals surface area contributed by atoms with E-state index in [-0.39, 0.29) is 12.6 Å². The van der Waals surface area contributed by atoms with Gasteiger partial charge in [0.25, 0.3) is 0 Å². The molecule has 0 unspecified atom stereocenters. The molecule has 0 bridgehead atoms. The Morgan fingerprint density at radius 1 is 1.03 bits per heavy atom. The molecular formula is C24H27F3O4S. The Labute approximate surface area is 190 Å². The van der Waals surface area contributed by atoms with E-state index >= 15 is 0 Å². The fourth-order valence-corrected chi connectivity index (χ4v) is 4.10. The molecule has 1 fully saturated rings. The Morgan fingerprint density at radius 3 is 2.28 bits per heavy atom. The van der Waals surface area contributed by atoms with Crippen LogP contribution < -0.4 is 9.47 Å². The van der Waals surface area contributed by atoms with Gasteiger partial charge in [0.05, 0.1) is 5.56 Å². The van der Waals surface area contributed by atoms with E-state index in [1.807, 2.05) is 39.8 Å². The van der Waals surface area contributed by atoms with Gasteiger partial charge < -0.3 is 18.9 Å². The molecule has 3 rings (SSSR count). The van der Waals surface area contributed by atoms with Gasteiger partial charge in [-0.2, -0.15) is 13.2 Å². The maximum atomic E-state index is 12.7. The zero-order valence-corrected chi connectivity index (χ0v) is 19.3. The lowest BCUT2D eigenvalue weighted by Gasteiger charge is -2.33. The summed E-state index contributed by atoms with van der Waals surface area (Å²) < 4.78 is 60.3. The first-order chi connectivity index (χ1) is 15.1. The van der Waals surface area contributed by atoms with Gasteiger partial charge in [-0.15, -0.1) is 11.8 Å². The Bertz CT molecular complexity index is 931. The third-order valence-electron chi connectivity index (χ3n) is 4.92. The largest absolute Gasteiger partial charge is 0.489 e. The summed E-state index contributed by atoms with van der Waals surface area (Å²) in [6.07, 6.45) is -4.84. The minimum atomic E-state index is -4.35. The molecule has 0 saturated carbocycles. The molecule has 2 aromatic carbocycles. The number of halogens is 3. The molecule has 174 valence electrons. The highest BCUT2D eigenvalue weighted by atomic mass is 32.2. The smallest absolute Gasteiger partial charge is 0.416 e. The van der Waals surface area contributed by atoms with Gasteiger partial charge in [-0.1, -0.05) is 5.57 Å².